The number of aromatic hydroxyl groups is 1. The maximum Gasteiger partial charge on any atom is 0.137 e. The molecule has 3 rings (SSSR count). The maximum absolute atomic E-state index is 9.32. The number of hydrogen-bond donors (Lipinski definition) is 2. The van der Waals surface area contributed by atoms with Gasteiger partial charge in [-0.05, 0) is 37.6 Å². The highest BCUT2D eigenvalue weighted by Crippen LogP contribution is 2.15. The highest BCUT2D eigenvalue weighted by molar-refractivity contribution is 5.42. The van der Waals surface area contributed by atoms with Crippen LogP contribution < -0.4 is 5.32 Å². The molecule has 0 amide bonds. The van der Waals surface area contributed by atoms with E-state index in [2.05, 4.69) is 10.3 Å². The summed E-state index contributed by atoms with van der Waals surface area (Å²) in [5, 5.41) is 12.6. The first-order valence-electron chi connectivity index (χ1n) is 5.18. The van der Waals surface area contributed by atoms with Crippen molar-refractivity contribution in [2.24, 2.45) is 5.92 Å². The Morgan fingerprint density at radius 2 is 2.27 bits per heavy atom. The van der Waals surface area contributed by atoms with Crippen LogP contribution in [0, 0.1) is 5.92 Å². The third kappa shape index (κ3) is 1.57. The molecule has 1 aliphatic heterocycles. The zero-order chi connectivity index (χ0) is 10.3. The van der Waals surface area contributed by atoms with Gasteiger partial charge in [0.2, 0.25) is 0 Å². The number of aromatic nitrogens is 2. The third-order valence-corrected chi connectivity index (χ3v) is 2.85. The Bertz CT molecular complexity index is 488. The van der Waals surface area contributed by atoms with Gasteiger partial charge in [0.15, 0.2) is 0 Å². The first kappa shape index (κ1) is 8.73. The molecular weight excluding hydrogens is 190 g/mol. The van der Waals surface area contributed by atoms with Crippen LogP contribution in [0.3, 0.4) is 0 Å². The summed E-state index contributed by atoms with van der Waals surface area (Å²) in [7, 11) is 0. The Morgan fingerprint density at radius 1 is 1.40 bits per heavy atom. The Hall–Kier alpha value is -1.55. The second kappa shape index (κ2) is 3.24. The Kier molecular flexibility index (Phi) is 1.89. The fraction of sp³-hybridized carbons (Fsp3) is 0.364. The average Bonchev–Trinajstić information content (AvgIpc) is 2.53. The summed E-state index contributed by atoms with van der Waals surface area (Å²) in [5.41, 5.74) is 2.00. The second-order valence-electron chi connectivity index (χ2n) is 4.11. The lowest BCUT2D eigenvalue weighted by molar-refractivity contribution is 0.344. The van der Waals surface area contributed by atoms with Gasteiger partial charge in [0.1, 0.15) is 11.4 Å². The molecule has 0 radical (unpaired) electrons. The van der Waals surface area contributed by atoms with Crippen molar-refractivity contribution in [3.05, 3.63) is 30.2 Å². The van der Waals surface area contributed by atoms with Crippen LogP contribution in [0.5, 0.6) is 5.75 Å². The molecule has 4 heteroatoms. The van der Waals surface area contributed by atoms with Crippen molar-refractivity contribution in [1.82, 2.24) is 14.7 Å². The van der Waals surface area contributed by atoms with Gasteiger partial charge in [-0.1, -0.05) is 0 Å². The first-order chi connectivity index (χ1) is 7.31. The molecule has 0 bridgehead atoms. The van der Waals surface area contributed by atoms with Crippen molar-refractivity contribution in [2.75, 3.05) is 13.1 Å². The van der Waals surface area contributed by atoms with Crippen molar-refractivity contribution in [2.45, 2.75) is 6.42 Å². The second-order valence-corrected chi connectivity index (χ2v) is 4.11. The zero-order valence-corrected chi connectivity index (χ0v) is 8.35. The molecular formula is C11H13N3O. The molecule has 1 aliphatic rings. The Morgan fingerprint density at radius 3 is 3.00 bits per heavy atom. The van der Waals surface area contributed by atoms with Crippen molar-refractivity contribution in [3.8, 4) is 5.75 Å². The summed E-state index contributed by atoms with van der Waals surface area (Å²) in [6.07, 6.45) is 4.70. The third-order valence-electron chi connectivity index (χ3n) is 2.85. The van der Waals surface area contributed by atoms with Gasteiger partial charge >= 0.3 is 0 Å². The van der Waals surface area contributed by atoms with Gasteiger partial charge in [-0.3, -0.25) is 0 Å². The van der Waals surface area contributed by atoms with Crippen LogP contribution in [0.15, 0.2) is 24.5 Å². The minimum absolute atomic E-state index is 0.275. The molecule has 0 saturated carbocycles. The molecule has 0 atom stereocenters. The van der Waals surface area contributed by atoms with Crippen LogP contribution in [0.2, 0.25) is 0 Å². The van der Waals surface area contributed by atoms with Crippen LogP contribution in [0.4, 0.5) is 0 Å². The van der Waals surface area contributed by atoms with Gasteiger partial charge in [0.25, 0.3) is 0 Å². The largest absolute Gasteiger partial charge is 0.506 e. The quantitative estimate of drug-likeness (QED) is 0.759. The van der Waals surface area contributed by atoms with Crippen molar-refractivity contribution in [3.63, 3.8) is 0 Å². The first-order valence-corrected chi connectivity index (χ1v) is 5.18. The molecule has 2 aromatic rings. The van der Waals surface area contributed by atoms with Crippen LogP contribution in [0.1, 0.15) is 5.69 Å². The fourth-order valence-electron chi connectivity index (χ4n) is 1.92. The predicted molar refractivity (Wildman–Crippen MR) is 56.9 cm³/mol. The van der Waals surface area contributed by atoms with E-state index in [0.717, 1.165) is 36.8 Å². The van der Waals surface area contributed by atoms with E-state index in [4.69, 9.17) is 0 Å². The van der Waals surface area contributed by atoms with E-state index < -0.39 is 0 Å². The summed E-state index contributed by atoms with van der Waals surface area (Å²) in [4.78, 5) is 4.50. The van der Waals surface area contributed by atoms with E-state index in [9.17, 15) is 5.11 Å². The predicted octanol–water partition coefficient (Wildman–Crippen LogP) is 0.802. The van der Waals surface area contributed by atoms with Gasteiger partial charge < -0.3 is 14.8 Å². The summed E-state index contributed by atoms with van der Waals surface area (Å²) in [6, 6.07) is 3.49. The van der Waals surface area contributed by atoms with Gasteiger partial charge in [-0.25, -0.2) is 4.98 Å². The van der Waals surface area contributed by atoms with Crippen molar-refractivity contribution in [1.29, 1.82) is 0 Å². The van der Waals surface area contributed by atoms with Crippen molar-refractivity contribution >= 4 is 5.65 Å². The van der Waals surface area contributed by atoms with Gasteiger partial charge in [-0.2, -0.15) is 0 Å². The molecule has 1 saturated heterocycles. The summed E-state index contributed by atoms with van der Waals surface area (Å²) in [6.45, 7) is 2.19. The molecule has 15 heavy (non-hydrogen) atoms. The zero-order valence-electron chi connectivity index (χ0n) is 8.35. The minimum atomic E-state index is 0.275. The standard InChI is InChI=1S/C11H13N3O/c15-10-1-2-11-13-9(6-14(11)7-10)3-8-4-12-5-8/h1-2,6-8,12,15H,3-5H2. The number of nitrogens with one attached hydrogen (secondary N) is 1. The highest BCUT2D eigenvalue weighted by Gasteiger charge is 2.18. The Labute approximate surface area is 87.6 Å². The van der Waals surface area contributed by atoms with E-state index in [1.165, 1.54) is 0 Å². The molecule has 3 heterocycles. The number of nitrogens with zero attached hydrogens (tertiary/aromatic N) is 2. The van der Waals surface area contributed by atoms with E-state index in [1.54, 1.807) is 12.3 Å². The summed E-state index contributed by atoms with van der Waals surface area (Å²) < 4.78 is 1.87. The number of fused-ring (bicyclic) bond motifs is 1. The molecule has 1 fully saturated rings. The minimum Gasteiger partial charge on any atom is -0.506 e. The van der Waals surface area contributed by atoms with Gasteiger partial charge in [-0.15, -0.1) is 0 Å². The monoisotopic (exact) mass is 203 g/mol. The van der Waals surface area contributed by atoms with Crippen LogP contribution in [-0.2, 0) is 6.42 Å². The van der Waals surface area contributed by atoms with Gasteiger partial charge in [0.05, 0.1) is 11.9 Å². The van der Waals surface area contributed by atoms with Crippen molar-refractivity contribution < 1.29 is 5.11 Å². The molecule has 4 nitrogen and oxygen atoms in total. The van der Waals surface area contributed by atoms with E-state index in [-0.39, 0.29) is 5.75 Å². The van der Waals surface area contributed by atoms with Gasteiger partial charge in [0, 0.05) is 6.20 Å². The number of imidazole rings is 1. The molecule has 2 aromatic heterocycles. The normalized spacial score (nSPS) is 16.8. The molecule has 0 aliphatic carbocycles. The molecule has 0 spiro atoms. The van der Waals surface area contributed by atoms with E-state index in [0.29, 0.717) is 0 Å². The van der Waals surface area contributed by atoms with E-state index in [1.807, 2.05) is 16.7 Å². The molecule has 78 valence electrons. The Balaban J connectivity index is 1.91. The SMILES string of the molecule is Oc1ccc2nc(CC3CNC3)cn2c1. The van der Waals surface area contributed by atoms with Crippen LogP contribution >= 0.6 is 0 Å². The smallest absolute Gasteiger partial charge is 0.137 e. The lowest BCUT2D eigenvalue weighted by Crippen LogP contribution is -2.43. The number of hydrogen-bond acceptors (Lipinski definition) is 3. The molecule has 0 unspecified atom stereocenters. The number of rotatable bonds is 2. The van der Waals surface area contributed by atoms with Crippen LogP contribution in [0.25, 0.3) is 5.65 Å². The lowest BCUT2D eigenvalue weighted by Gasteiger charge is -2.25. The van der Waals surface area contributed by atoms with E-state index >= 15 is 0 Å². The topological polar surface area (TPSA) is 49.6 Å². The highest BCUT2D eigenvalue weighted by atomic mass is 16.3. The lowest BCUT2D eigenvalue weighted by atomic mass is 9.98. The number of pyridine rings is 1. The molecule has 0 aromatic carbocycles. The summed E-state index contributed by atoms with van der Waals surface area (Å²) >= 11 is 0. The van der Waals surface area contributed by atoms with Crippen LogP contribution in [-0.4, -0.2) is 27.6 Å². The maximum atomic E-state index is 9.32. The summed E-state index contributed by atoms with van der Waals surface area (Å²) in [5.74, 6) is 1.00. The average molecular weight is 203 g/mol. The molecule has 2 N–H and O–H groups in total. The fourth-order valence-corrected chi connectivity index (χ4v) is 1.92.